The highest BCUT2D eigenvalue weighted by molar-refractivity contribution is 5.89. The molecule has 0 aromatic heterocycles. The summed E-state index contributed by atoms with van der Waals surface area (Å²) in [5.41, 5.74) is 0.971. The van der Waals surface area contributed by atoms with Crippen molar-refractivity contribution in [2.75, 3.05) is 16.8 Å². The highest BCUT2D eigenvalue weighted by Crippen LogP contribution is 2.43. The summed E-state index contributed by atoms with van der Waals surface area (Å²) in [4.78, 5) is 6.24. The molecule has 10 heteroatoms. The minimum Gasteiger partial charge on any atom is -0.374 e. The third-order valence-electron chi connectivity index (χ3n) is 4.55. The van der Waals surface area contributed by atoms with E-state index in [0.29, 0.717) is 30.3 Å². The summed E-state index contributed by atoms with van der Waals surface area (Å²) in [7, 11) is 0. The Labute approximate surface area is 153 Å². The van der Waals surface area contributed by atoms with Gasteiger partial charge in [-0.1, -0.05) is 6.92 Å². The highest BCUT2D eigenvalue weighted by atomic mass is 19.4. The number of hydrogen-bond acceptors (Lipinski definition) is 7. The van der Waals surface area contributed by atoms with E-state index in [1.165, 1.54) is 6.07 Å². The number of benzene rings is 1. The van der Waals surface area contributed by atoms with Crippen molar-refractivity contribution in [2.24, 2.45) is 15.2 Å². The van der Waals surface area contributed by atoms with Gasteiger partial charge in [0.2, 0.25) is 0 Å². The summed E-state index contributed by atoms with van der Waals surface area (Å²) >= 11 is 0. The molecule has 3 aliphatic heterocycles. The molecular weight excluding hydrogens is 361 g/mol. The Hall–Kier alpha value is -2.88. The smallest absolute Gasteiger partial charge is 0.374 e. The molecule has 27 heavy (non-hydrogen) atoms. The second kappa shape index (κ2) is 6.38. The van der Waals surface area contributed by atoms with Crippen LogP contribution in [0, 0.1) is 0 Å². The molecular formula is C17H17F3N6O. The second-order valence-electron chi connectivity index (χ2n) is 6.33. The highest BCUT2D eigenvalue weighted by Gasteiger charge is 2.38. The number of fused-ring (bicyclic) bond motifs is 3. The van der Waals surface area contributed by atoms with Crippen molar-refractivity contribution in [3.63, 3.8) is 0 Å². The van der Waals surface area contributed by atoms with E-state index in [2.05, 4.69) is 25.9 Å². The van der Waals surface area contributed by atoms with Gasteiger partial charge in [-0.15, -0.1) is 0 Å². The molecule has 0 saturated heterocycles. The Balaban J connectivity index is 1.78. The topological polar surface area (TPSA) is 84.6 Å². The van der Waals surface area contributed by atoms with E-state index in [1.807, 2.05) is 4.90 Å². The first-order valence-corrected chi connectivity index (χ1v) is 8.44. The van der Waals surface area contributed by atoms with E-state index in [-0.39, 0.29) is 11.7 Å². The molecule has 0 aliphatic carbocycles. The number of anilines is 2. The zero-order chi connectivity index (χ0) is 19.2. The molecule has 0 saturated carbocycles. The van der Waals surface area contributed by atoms with E-state index >= 15 is 0 Å². The third kappa shape index (κ3) is 3.05. The number of aliphatic hydroxyl groups excluding tert-OH is 1. The van der Waals surface area contributed by atoms with Crippen molar-refractivity contribution in [1.29, 1.82) is 0 Å². The van der Waals surface area contributed by atoms with Gasteiger partial charge < -0.3 is 20.6 Å². The van der Waals surface area contributed by atoms with Gasteiger partial charge in [-0.3, -0.25) is 0 Å². The maximum absolute atomic E-state index is 13.1. The van der Waals surface area contributed by atoms with Gasteiger partial charge in [0, 0.05) is 11.8 Å². The lowest BCUT2D eigenvalue weighted by Gasteiger charge is -2.35. The summed E-state index contributed by atoms with van der Waals surface area (Å²) in [5.74, 6) is 0.843. The van der Waals surface area contributed by atoms with Crippen molar-refractivity contribution in [2.45, 2.75) is 31.8 Å². The molecule has 1 aromatic carbocycles. The van der Waals surface area contributed by atoms with Crippen LogP contribution in [0.1, 0.15) is 18.9 Å². The minimum atomic E-state index is -4.45. The molecule has 2 unspecified atom stereocenters. The summed E-state index contributed by atoms with van der Waals surface area (Å²) in [6.07, 6.45) is -1.56. The van der Waals surface area contributed by atoms with Gasteiger partial charge in [-0.2, -0.15) is 23.4 Å². The quantitative estimate of drug-likeness (QED) is 0.703. The molecule has 3 N–H and O–H groups in total. The third-order valence-corrected chi connectivity index (χ3v) is 4.55. The Morgan fingerprint density at radius 2 is 2.22 bits per heavy atom. The van der Waals surface area contributed by atoms with E-state index in [4.69, 9.17) is 0 Å². The number of halogens is 3. The number of azo groups is 1. The van der Waals surface area contributed by atoms with Gasteiger partial charge in [-0.25, -0.2) is 4.99 Å². The number of aliphatic hydroxyl groups is 1. The lowest BCUT2D eigenvalue weighted by atomic mass is 10.0. The van der Waals surface area contributed by atoms with Crippen LogP contribution >= 0.6 is 0 Å². The number of alkyl halides is 3. The van der Waals surface area contributed by atoms with Crippen molar-refractivity contribution in [3.05, 3.63) is 47.2 Å². The number of aliphatic imine (C=N–C) groups is 1. The average molecular weight is 378 g/mol. The Morgan fingerprint density at radius 1 is 1.41 bits per heavy atom. The van der Waals surface area contributed by atoms with Gasteiger partial charge in [0.15, 0.2) is 5.82 Å². The molecule has 4 rings (SSSR count). The van der Waals surface area contributed by atoms with E-state index in [9.17, 15) is 18.3 Å². The molecule has 3 aliphatic rings. The molecule has 0 fully saturated rings. The van der Waals surface area contributed by atoms with Gasteiger partial charge in [0.1, 0.15) is 12.0 Å². The lowest BCUT2D eigenvalue weighted by molar-refractivity contribution is -0.137. The summed E-state index contributed by atoms with van der Waals surface area (Å²) in [5, 5.41) is 23.6. The summed E-state index contributed by atoms with van der Waals surface area (Å²) in [6.45, 7) is 2.19. The van der Waals surface area contributed by atoms with Crippen LogP contribution in [0.3, 0.4) is 0 Å². The zero-order valence-electron chi connectivity index (χ0n) is 14.3. The molecule has 1 aromatic rings. The fourth-order valence-electron chi connectivity index (χ4n) is 3.14. The van der Waals surface area contributed by atoms with E-state index in [1.54, 1.807) is 19.3 Å². The zero-order valence-corrected chi connectivity index (χ0v) is 14.3. The molecule has 142 valence electrons. The fourth-order valence-corrected chi connectivity index (χ4v) is 3.14. The molecule has 2 atom stereocenters. The molecule has 7 nitrogen and oxygen atoms in total. The van der Waals surface area contributed by atoms with Crippen LogP contribution in [0.15, 0.2) is 56.8 Å². The predicted molar refractivity (Wildman–Crippen MR) is 94.1 cm³/mol. The first kappa shape index (κ1) is 17.5. The molecule has 0 spiro atoms. The number of hydrogen-bond donors (Lipinski definition) is 3. The second-order valence-corrected chi connectivity index (χ2v) is 6.33. The lowest BCUT2D eigenvalue weighted by Crippen LogP contribution is -2.41. The normalized spacial score (nSPS) is 21.7. The molecule has 0 radical (unpaired) electrons. The Kier molecular flexibility index (Phi) is 4.14. The fraction of sp³-hybridized carbons (Fsp3) is 0.353. The maximum atomic E-state index is 13.1. The van der Waals surface area contributed by atoms with Crippen LogP contribution in [-0.2, 0) is 6.18 Å². The Morgan fingerprint density at radius 3 is 2.89 bits per heavy atom. The van der Waals surface area contributed by atoms with Crippen LogP contribution in [0.5, 0.6) is 0 Å². The number of rotatable bonds is 4. The standard InChI is InChI=1S/C17H17F3N6O/c1-2-14(27)25-15-16-21-8-13(9-6-22-23-7-9)26(16)12-4-3-10(17(18,19)20)5-11(12)24-15/h3-6,8,13-14,24-25,27H,2,7H2,1H3. The SMILES string of the molecule is CCC(O)NC1=C2N=CC(C3=CN=NC3)N2c2ccc(C(F)(F)F)cc2N1. The van der Waals surface area contributed by atoms with Crippen LogP contribution in [0.4, 0.5) is 24.5 Å². The van der Waals surface area contributed by atoms with Gasteiger partial charge >= 0.3 is 6.18 Å². The Bertz CT molecular complexity index is 889. The molecule has 0 amide bonds. The van der Waals surface area contributed by atoms with Gasteiger partial charge in [-0.05, 0) is 24.6 Å². The van der Waals surface area contributed by atoms with Crippen molar-refractivity contribution in [3.8, 4) is 0 Å². The van der Waals surface area contributed by atoms with E-state index in [0.717, 1.165) is 17.7 Å². The maximum Gasteiger partial charge on any atom is 0.416 e. The minimum absolute atomic E-state index is 0.280. The largest absolute Gasteiger partial charge is 0.416 e. The predicted octanol–water partition coefficient (Wildman–Crippen LogP) is 3.18. The number of nitrogens with zero attached hydrogens (tertiary/aromatic N) is 4. The van der Waals surface area contributed by atoms with Crippen LogP contribution in [0.25, 0.3) is 0 Å². The average Bonchev–Trinajstić information content (AvgIpc) is 3.29. The monoisotopic (exact) mass is 378 g/mol. The first-order chi connectivity index (χ1) is 12.9. The molecule has 3 heterocycles. The first-order valence-electron chi connectivity index (χ1n) is 8.44. The van der Waals surface area contributed by atoms with Crippen molar-refractivity contribution >= 4 is 17.6 Å². The van der Waals surface area contributed by atoms with Crippen molar-refractivity contribution in [1.82, 2.24) is 5.32 Å². The van der Waals surface area contributed by atoms with Crippen LogP contribution in [0.2, 0.25) is 0 Å². The summed E-state index contributed by atoms with van der Waals surface area (Å²) in [6, 6.07) is 3.22. The van der Waals surface area contributed by atoms with Crippen molar-refractivity contribution < 1.29 is 18.3 Å². The number of nitrogens with one attached hydrogen (secondary N) is 2. The molecule has 0 bridgehead atoms. The van der Waals surface area contributed by atoms with Crippen LogP contribution < -0.4 is 15.5 Å². The summed E-state index contributed by atoms with van der Waals surface area (Å²) < 4.78 is 39.4. The van der Waals surface area contributed by atoms with E-state index < -0.39 is 18.0 Å². The van der Waals surface area contributed by atoms with Gasteiger partial charge in [0.25, 0.3) is 0 Å². The van der Waals surface area contributed by atoms with Crippen LogP contribution in [-0.4, -0.2) is 30.1 Å². The van der Waals surface area contributed by atoms with Gasteiger partial charge in [0.05, 0.1) is 35.7 Å².